The first-order valence-corrected chi connectivity index (χ1v) is 9.56. The Kier molecular flexibility index (Phi) is 5.09. The Bertz CT molecular complexity index is 1180. The summed E-state index contributed by atoms with van der Waals surface area (Å²) in [7, 11) is 4.67. The number of anilines is 1. The molecule has 0 aliphatic rings. The second-order valence-electron chi connectivity index (χ2n) is 6.07. The van der Waals surface area contributed by atoms with Crippen LogP contribution in [0.5, 0.6) is 17.2 Å². The fourth-order valence-corrected chi connectivity index (χ4v) is 3.57. The summed E-state index contributed by atoms with van der Waals surface area (Å²) in [6, 6.07) is 12.5. The highest BCUT2D eigenvalue weighted by molar-refractivity contribution is 7.14. The number of nitrogens with one attached hydrogen (secondary N) is 1. The van der Waals surface area contributed by atoms with Crippen LogP contribution in [0.1, 0.15) is 10.4 Å². The second-order valence-corrected chi connectivity index (χ2v) is 6.93. The molecule has 8 heteroatoms. The molecule has 2 heterocycles. The van der Waals surface area contributed by atoms with E-state index in [-0.39, 0.29) is 5.91 Å². The van der Waals surface area contributed by atoms with Gasteiger partial charge in [-0.2, -0.15) is 0 Å². The number of furan rings is 1. The maximum absolute atomic E-state index is 12.7. The van der Waals surface area contributed by atoms with E-state index in [1.54, 1.807) is 32.4 Å². The van der Waals surface area contributed by atoms with Crippen LogP contribution >= 0.6 is 11.3 Å². The lowest BCUT2D eigenvalue weighted by molar-refractivity contribution is 0.102. The van der Waals surface area contributed by atoms with Crippen molar-refractivity contribution in [2.75, 3.05) is 26.6 Å². The second kappa shape index (κ2) is 7.84. The van der Waals surface area contributed by atoms with Gasteiger partial charge in [0.05, 0.1) is 26.9 Å². The zero-order chi connectivity index (χ0) is 20.4. The number of methoxy groups -OCH3 is 3. The van der Waals surface area contributed by atoms with Gasteiger partial charge >= 0.3 is 0 Å². The minimum absolute atomic E-state index is 0.337. The highest BCUT2D eigenvalue weighted by Crippen LogP contribution is 2.32. The number of rotatable bonds is 6. The molecule has 148 valence electrons. The lowest BCUT2D eigenvalue weighted by atomic mass is 10.1. The molecule has 0 radical (unpaired) electrons. The van der Waals surface area contributed by atoms with Gasteiger partial charge in [-0.3, -0.25) is 10.1 Å². The van der Waals surface area contributed by atoms with E-state index >= 15 is 0 Å². The van der Waals surface area contributed by atoms with Crippen LogP contribution in [-0.4, -0.2) is 32.2 Å². The largest absolute Gasteiger partial charge is 0.497 e. The molecule has 4 aromatic rings. The molecule has 1 amide bonds. The molecule has 0 unspecified atom stereocenters. The molecule has 2 aromatic heterocycles. The van der Waals surface area contributed by atoms with Gasteiger partial charge in [0.25, 0.3) is 5.91 Å². The number of amides is 1. The Morgan fingerprint density at radius 2 is 1.76 bits per heavy atom. The molecule has 7 nitrogen and oxygen atoms in total. The molecule has 0 fully saturated rings. The summed E-state index contributed by atoms with van der Waals surface area (Å²) in [4.78, 5) is 17.2. The summed E-state index contributed by atoms with van der Waals surface area (Å²) < 4.78 is 21.6. The molecule has 29 heavy (non-hydrogen) atoms. The van der Waals surface area contributed by atoms with Gasteiger partial charge < -0.3 is 18.6 Å². The number of benzene rings is 2. The number of carbonyl (C=O) groups excluding carboxylic acids is 1. The normalized spacial score (nSPS) is 10.7. The fraction of sp³-hybridized carbons (Fsp3) is 0.143. The monoisotopic (exact) mass is 410 g/mol. The van der Waals surface area contributed by atoms with Gasteiger partial charge in [0.15, 0.2) is 10.9 Å². The number of hydrogen-bond acceptors (Lipinski definition) is 7. The van der Waals surface area contributed by atoms with Crippen LogP contribution in [0, 0.1) is 0 Å². The standard InChI is InChI=1S/C21H18N2O5S/c1-25-13-4-6-17-12(8-13)9-19(28-17)16-11-29-21(22-16)23-20(24)15-10-14(26-2)5-7-18(15)27-3/h4-11H,1-3H3,(H,22,23,24). The van der Waals surface area contributed by atoms with E-state index in [9.17, 15) is 4.79 Å². The van der Waals surface area contributed by atoms with E-state index in [4.69, 9.17) is 18.6 Å². The van der Waals surface area contributed by atoms with E-state index in [1.807, 2.05) is 29.6 Å². The predicted molar refractivity (Wildman–Crippen MR) is 111 cm³/mol. The summed E-state index contributed by atoms with van der Waals surface area (Å²) in [6.07, 6.45) is 0. The summed E-state index contributed by atoms with van der Waals surface area (Å²) in [5.41, 5.74) is 1.73. The average Bonchev–Trinajstić information content (AvgIpc) is 3.39. The van der Waals surface area contributed by atoms with Crippen LogP contribution in [0.4, 0.5) is 5.13 Å². The topological polar surface area (TPSA) is 82.8 Å². The third kappa shape index (κ3) is 3.74. The molecule has 0 spiro atoms. The molecule has 0 aliphatic heterocycles. The molecular weight excluding hydrogens is 392 g/mol. The zero-order valence-electron chi connectivity index (χ0n) is 16.0. The maximum Gasteiger partial charge on any atom is 0.261 e. The first-order valence-electron chi connectivity index (χ1n) is 8.68. The Labute approximate surface area is 170 Å². The number of aromatic nitrogens is 1. The van der Waals surface area contributed by atoms with Crippen molar-refractivity contribution in [1.29, 1.82) is 0 Å². The maximum atomic E-state index is 12.7. The molecule has 0 saturated heterocycles. The van der Waals surface area contributed by atoms with Crippen LogP contribution in [0.25, 0.3) is 22.4 Å². The predicted octanol–water partition coefficient (Wildman–Crippen LogP) is 4.83. The number of hydrogen-bond donors (Lipinski definition) is 1. The summed E-state index contributed by atoms with van der Waals surface area (Å²) in [5.74, 6) is 2.04. The Hall–Kier alpha value is -3.52. The third-order valence-corrected chi connectivity index (χ3v) is 5.11. The average molecular weight is 410 g/mol. The number of ether oxygens (including phenoxy) is 3. The van der Waals surface area contributed by atoms with Crippen LogP contribution in [0.3, 0.4) is 0 Å². The van der Waals surface area contributed by atoms with E-state index in [2.05, 4.69) is 10.3 Å². The zero-order valence-corrected chi connectivity index (χ0v) is 16.8. The fourth-order valence-electron chi connectivity index (χ4n) is 2.87. The molecular formula is C21H18N2O5S. The van der Waals surface area contributed by atoms with Crippen molar-refractivity contribution in [3.8, 4) is 28.7 Å². The molecule has 0 saturated carbocycles. The lowest BCUT2D eigenvalue weighted by Gasteiger charge is -2.09. The van der Waals surface area contributed by atoms with E-state index in [1.165, 1.54) is 18.4 Å². The lowest BCUT2D eigenvalue weighted by Crippen LogP contribution is -2.13. The van der Waals surface area contributed by atoms with E-state index in [0.717, 1.165) is 16.7 Å². The molecule has 4 rings (SSSR count). The molecule has 0 bridgehead atoms. The van der Waals surface area contributed by atoms with Crippen molar-refractivity contribution in [3.05, 3.63) is 53.4 Å². The molecule has 0 aliphatic carbocycles. The van der Waals surface area contributed by atoms with Crippen LogP contribution < -0.4 is 19.5 Å². The summed E-state index contributed by atoms with van der Waals surface area (Å²) in [6.45, 7) is 0. The van der Waals surface area contributed by atoms with Crippen LogP contribution in [0.15, 0.2) is 52.3 Å². The SMILES string of the molecule is COc1ccc(OC)c(C(=O)Nc2nc(-c3cc4cc(OC)ccc4o3)cs2)c1. The molecule has 0 atom stereocenters. The minimum atomic E-state index is -0.337. The van der Waals surface area contributed by atoms with Gasteiger partial charge in [0.2, 0.25) is 0 Å². The van der Waals surface area contributed by atoms with Gasteiger partial charge in [-0.25, -0.2) is 4.98 Å². The van der Waals surface area contributed by atoms with Crippen molar-refractivity contribution in [2.45, 2.75) is 0 Å². The molecule has 2 aromatic carbocycles. The van der Waals surface area contributed by atoms with Crippen LogP contribution in [-0.2, 0) is 0 Å². The van der Waals surface area contributed by atoms with Gasteiger partial charge in [-0.15, -0.1) is 11.3 Å². The van der Waals surface area contributed by atoms with Crippen molar-refractivity contribution in [3.63, 3.8) is 0 Å². The highest BCUT2D eigenvalue weighted by atomic mass is 32.1. The smallest absolute Gasteiger partial charge is 0.261 e. The van der Waals surface area contributed by atoms with E-state index < -0.39 is 0 Å². The van der Waals surface area contributed by atoms with Gasteiger partial charge in [-0.05, 0) is 42.5 Å². The first-order chi connectivity index (χ1) is 14.1. The van der Waals surface area contributed by atoms with Crippen molar-refractivity contribution < 1.29 is 23.4 Å². The van der Waals surface area contributed by atoms with Gasteiger partial charge in [0.1, 0.15) is 28.5 Å². The van der Waals surface area contributed by atoms with Crippen molar-refractivity contribution in [1.82, 2.24) is 4.98 Å². The van der Waals surface area contributed by atoms with E-state index in [0.29, 0.717) is 33.6 Å². The quantitative estimate of drug-likeness (QED) is 0.490. The number of fused-ring (bicyclic) bond motifs is 1. The number of carbonyl (C=O) groups is 1. The van der Waals surface area contributed by atoms with Crippen molar-refractivity contribution >= 4 is 33.3 Å². The minimum Gasteiger partial charge on any atom is -0.497 e. The third-order valence-electron chi connectivity index (χ3n) is 4.35. The number of thiazole rings is 1. The molecule has 1 N–H and O–H groups in total. The summed E-state index contributed by atoms with van der Waals surface area (Å²) in [5, 5.41) is 5.99. The Balaban J connectivity index is 1.57. The first kappa shape index (κ1) is 18.8. The summed E-state index contributed by atoms with van der Waals surface area (Å²) >= 11 is 1.31. The van der Waals surface area contributed by atoms with Crippen LogP contribution in [0.2, 0.25) is 0 Å². The Morgan fingerprint density at radius 1 is 1.00 bits per heavy atom. The highest BCUT2D eigenvalue weighted by Gasteiger charge is 2.17. The number of nitrogens with zero attached hydrogens (tertiary/aromatic N) is 1. The Morgan fingerprint density at radius 3 is 2.52 bits per heavy atom. The van der Waals surface area contributed by atoms with Gasteiger partial charge in [-0.1, -0.05) is 0 Å². The van der Waals surface area contributed by atoms with Gasteiger partial charge in [0, 0.05) is 10.8 Å². The van der Waals surface area contributed by atoms with Crippen molar-refractivity contribution in [2.24, 2.45) is 0 Å².